The Morgan fingerprint density at radius 2 is 2.24 bits per heavy atom. The van der Waals surface area contributed by atoms with Crippen molar-refractivity contribution in [2.24, 2.45) is 0 Å². The standard InChI is InChI=1S/C15H20N4O2/c1-9-7-13(17-16-9)12-5-4-6-19(8-12)15(20)14-10(2)18-21-11(14)3/h7,12H,4-6,8H2,1-3H3,(H,16,17). The highest BCUT2D eigenvalue weighted by Crippen LogP contribution is 2.27. The number of nitrogens with one attached hydrogen (secondary N) is 1. The van der Waals surface area contributed by atoms with E-state index in [2.05, 4.69) is 21.4 Å². The Balaban J connectivity index is 1.78. The molecular formula is C15H20N4O2. The highest BCUT2D eigenvalue weighted by molar-refractivity contribution is 5.96. The third-order valence-electron chi connectivity index (χ3n) is 4.10. The van der Waals surface area contributed by atoms with Crippen LogP contribution in [-0.4, -0.2) is 39.3 Å². The highest BCUT2D eigenvalue weighted by Gasteiger charge is 2.29. The Bertz CT molecular complexity index is 639. The SMILES string of the molecule is Cc1cc(C2CCCN(C(=O)c3c(C)noc3C)C2)n[nH]1. The summed E-state index contributed by atoms with van der Waals surface area (Å²) in [6.07, 6.45) is 2.06. The lowest BCUT2D eigenvalue weighted by Crippen LogP contribution is -2.39. The summed E-state index contributed by atoms with van der Waals surface area (Å²) in [7, 11) is 0. The van der Waals surface area contributed by atoms with Gasteiger partial charge in [0, 0.05) is 24.7 Å². The van der Waals surface area contributed by atoms with E-state index in [4.69, 9.17) is 4.52 Å². The predicted octanol–water partition coefficient (Wildman–Crippen LogP) is 2.34. The molecule has 0 saturated carbocycles. The van der Waals surface area contributed by atoms with Gasteiger partial charge in [-0.05, 0) is 39.7 Å². The van der Waals surface area contributed by atoms with Gasteiger partial charge in [-0.15, -0.1) is 0 Å². The molecule has 0 aromatic carbocycles. The summed E-state index contributed by atoms with van der Waals surface area (Å²) in [6.45, 7) is 7.07. The Labute approximate surface area is 123 Å². The normalized spacial score (nSPS) is 19.0. The zero-order chi connectivity index (χ0) is 15.0. The van der Waals surface area contributed by atoms with Crippen molar-refractivity contribution in [3.8, 4) is 0 Å². The van der Waals surface area contributed by atoms with E-state index < -0.39 is 0 Å². The molecule has 3 heterocycles. The van der Waals surface area contributed by atoms with Crippen LogP contribution >= 0.6 is 0 Å². The molecule has 1 saturated heterocycles. The van der Waals surface area contributed by atoms with Gasteiger partial charge in [0.05, 0.1) is 11.4 Å². The number of likely N-dealkylation sites (tertiary alicyclic amines) is 1. The largest absolute Gasteiger partial charge is 0.361 e. The number of aromatic amines is 1. The predicted molar refractivity (Wildman–Crippen MR) is 77.2 cm³/mol. The molecule has 1 atom stereocenters. The van der Waals surface area contributed by atoms with Crippen molar-refractivity contribution in [1.82, 2.24) is 20.3 Å². The third-order valence-corrected chi connectivity index (χ3v) is 4.10. The van der Waals surface area contributed by atoms with Crippen molar-refractivity contribution < 1.29 is 9.32 Å². The van der Waals surface area contributed by atoms with E-state index >= 15 is 0 Å². The molecule has 0 bridgehead atoms. The van der Waals surface area contributed by atoms with Gasteiger partial charge < -0.3 is 9.42 Å². The minimum atomic E-state index is 0.0169. The van der Waals surface area contributed by atoms with Crippen LogP contribution in [0.25, 0.3) is 0 Å². The van der Waals surface area contributed by atoms with Crippen LogP contribution in [0.15, 0.2) is 10.6 Å². The van der Waals surface area contributed by atoms with Gasteiger partial charge in [-0.1, -0.05) is 5.16 Å². The summed E-state index contributed by atoms with van der Waals surface area (Å²) in [5.41, 5.74) is 3.37. The summed E-state index contributed by atoms with van der Waals surface area (Å²) in [5.74, 6) is 0.909. The maximum absolute atomic E-state index is 12.7. The van der Waals surface area contributed by atoms with Gasteiger partial charge in [0.2, 0.25) is 0 Å². The number of rotatable bonds is 2. The number of hydrogen-bond donors (Lipinski definition) is 1. The third kappa shape index (κ3) is 2.57. The fraction of sp³-hybridized carbons (Fsp3) is 0.533. The van der Waals surface area contributed by atoms with Crippen molar-refractivity contribution in [3.63, 3.8) is 0 Å². The molecule has 0 radical (unpaired) electrons. The summed E-state index contributed by atoms with van der Waals surface area (Å²) in [6, 6.07) is 2.06. The van der Waals surface area contributed by atoms with E-state index in [1.165, 1.54) is 0 Å². The summed E-state index contributed by atoms with van der Waals surface area (Å²) < 4.78 is 5.11. The molecule has 1 amide bonds. The molecule has 2 aromatic rings. The molecule has 2 aromatic heterocycles. The van der Waals surface area contributed by atoms with Crippen LogP contribution in [0.3, 0.4) is 0 Å². The average molecular weight is 288 g/mol. The van der Waals surface area contributed by atoms with Gasteiger partial charge in [0.1, 0.15) is 11.3 Å². The van der Waals surface area contributed by atoms with Crippen LogP contribution in [0.5, 0.6) is 0 Å². The van der Waals surface area contributed by atoms with Gasteiger partial charge in [0.15, 0.2) is 0 Å². The lowest BCUT2D eigenvalue weighted by molar-refractivity contribution is 0.0703. The maximum atomic E-state index is 12.7. The number of amides is 1. The quantitative estimate of drug-likeness (QED) is 0.920. The molecule has 3 rings (SSSR count). The molecular weight excluding hydrogens is 268 g/mol. The average Bonchev–Trinajstić information content (AvgIpc) is 3.05. The van der Waals surface area contributed by atoms with E-state index in [-0.39, 0.29) is 5.91 Å². The monoisotopic (exact) mass is 288 g/mol. The van der Waals surface area contributed by atoms with Crippen LogP contribution in [-0.2, 0) is 0 Å². The van der Waals surface area contributed by atoms with Gasteiger partial charge in [-0.25, -0.2) is 0 Å². The Morgan fingerprint density at radius 1 is 1.43 bits per heavy atom. The van der Waals surface area contributed by atoms with Crippen LogP contribution in [0.1, 0.15) is 52.0 Å². The van der Waals surface area contributed by atoms with Crippen molar-refractivity contribution >= 4 is 5.91 Å². The van der Waals surface area contributed by atoms with E-state index in [1.54, 1.807) is 6.92 Å². The molecule has 0 aliphatic carbocycles. The van der Waals surface area contributed by atoms with Crippen LogP contribution in [0.2, 0.25) is 0 Å². The first kappa shape index (κ1) is 13.9. The molecule has 6 nitrogen and oxygen atoms in total. The number of aromatic nitrogens is 3. The van der Waals surface area contributed by atoms with Crippen molar-refractivity contribution in [1.29, 1.82) is 0 Å². The molecule has 6 heteroatoms. The van der Waals surface area contributed by atoms with E-state index in [1.807, 2.05) is 18.7 Å². The zero-order valence-corrected chi connectivity index (χ0v) is 12.6. The van der Waals surface area contributed by atoms with Crippen molar-refractivity contribution in [3.05, 3.63) is 34.5 Å². The number of piperidine rings is 1. The Kier molecular flexibility index (Phi) is 3.53. The minimum absolute atomic E-state index is 0.0169. The first-order chi connectivity index (χ1) is 10.1. The fourth-order valence-corrected chi connectivity index (χ4v) is 3.00. The second-order valence-electron chi connectivity index (χ2n) is 5.77. The second kappa shape index (κ2) is 5.35. The summed E-state index contributed by atoms with van der Waals surface area (Å²) in [4.78, 5) is 14.6. The maximum Gasteiger partial charge on any atom is 0.259 e. The topological polar surface area (TPSA) is 75.0 Å². The van der Waals surface area contributed by atoms with Gasteiger partial charge in [-0.2, -0.15) is 5.10 Å². The molecule has 0 spiro atoms. The smallest absolute Gasteiger partial charge is 0.259 e. The molecule has 1 unspecified atom stereocenters. The van der Waals surface area contributed by atoms with Crippen molar-refractivity contribution in [2.75, 3.05) is 13.1 Å². The van der Waals surface area contributed by atoms with Crippen LogP contribution < -0.4 is 0 Å². The molecule has 1 aliphatic rings. The van der Waals surface area contributed by atoms with Crippen molar-refractivity contribution in [2.45, 2.75) is 39.5 Å². The number of carbonyl (C=O) groups excluding carboxylic acids is 1. The number of H-pyrrole nitrogens is 1. The first-order valence-electron chi connectivity index (χ1n) is 7.30. The molecule has 1 aliphatic heterocycles. The van der Waals surface area contributed by atoms with E-state index in [9.17, 15) is 4.79 Å². The first-order valence-corrected chi connectivity index (χ1v) is 7.30. The summed E-state index contributed by atoms with van der Waals surface area (Å²) in [5, 5.41) is 11.2. The minimum Gasteiger partial charge on any atom is -0.361 e. The van der Waals surface area contributed by atoms with Gasteiger partial charge in [-0.3, -0.25) is 9.89 Å². The molecule has 1 fully saturated rings. The van der Waals surface area contributed by atoms with E-state index in [0.717, 1.165) is 30.8 Å². The Morgan fingerprint density at radius 3 is 2.86 bits per heavy atom. The molecule has 112 valence electrons. The molecule has 21 heavy (non-hydrogen) atoms. The van der Waals surface area contributed by atoms with E-state index in [0.29, 0.717) is 29.5 Å². The summed E-state index contributed by atoms with van der Waals surface area (Å²) >= 11 is 0. The molecule has 1 N–H and O–H groups in total. The Hall–Kier alpha value is -2.11. The number of nitrogens with zero attached hydrogens (tertiary/aromatic N) is 3. The second-order valence-corrected chi connectivity index (χ2v) is 5.77. The number of aryl methyl sites for hydroxylation is 3. The lowest BCUT2D eigenvalue weighted by Gasteiger charge is -2.32. The van der Waals surface area contributed by atoms with Gasteiger partial charge in [0.25, 0.3) is 5.91 Å². The van der Waals surface area contributed by atoms with Crippen LogP contribution in [0.4, 0.5) is 0 Å². The fourth-order valence-electron chi connectivity index (χ4n) is 3.00. The zero-order valence-electron chi connectivity index (χ0n) is 12.6. The van der Waals surface area contributed by atoms with Gasteiger partial charge >= 0.3 is 0 Å². The highest BCUT2D eigenvalue weighted by atomic mass is 16.5. The van der Waals surface area contributed by atoms with Crippen LogP contribution in [0, 0.1) is 20.8 Å². The number of hydrogen-bond acceptors (Lipinski definition) is 4. The number of carbonyl (C=O) groups is 1. The lowest BCUT2D eigenvalue weighted by atomic mass is 9.94.